The van der Waals surface area contributed by atoms with Gasteiger partial charge in [-0.1, -0.05) is 97.0 Å². The van der Waals surface area contributed by atoms with Crippen molar-refractivity contribution in [3.63, 3.8) is 0 Å². The van der Waals surface area contributed by atoms with Crippen molar-refractivity contribution in [3.8, 4) is 5.88 Å². The first-order valence-electron chi connectivity index (χ1n) is 14.7. The van der Waals surface area contributed by atoms with E-state index in [2.05, 4.69) is 35.7 Å². The zero-order valence-corrected chi connectivity index (χ0v) is 26.9. The number of rotatable bonds is 20. The average molecular weight is 650 g/mol. The molecule has 8 heteroatoms. The molecule has 0 radical (unpaired) electrons. The minimum absolute atomic E-state index is 0. The fourth-order valence-electron chi connectivity index (χ4n) is 4.85. The maximum atomic E-state index is 12.5. The number of aromatic nitrogens is 2. The monoisotopic (exact) mass is 649 g/mol. The number of nitrogens with zero attached hydrogens (tertiary/aromatic N) is 3. The summed E-state index contributed by atoms with van der Waals surface area (Å²) in [5.74, 6) is 0.589. The number of esters is 1. The number of hydrogen-bond acceptors (Lipinski definition) is 6. The summed E-state index contributed by atoms with van der Waals surface area (Å²) in [6, 6.07) is 0. The Balaban J connectivity index is 0.00000684. The maximum absolute atomic E-state index is 12.5. The first-order chi connectivity index (χ1) is 17.5. The van der Waals surface area contributed by atoms with E-state index in [1.54, 1.807) is 0 Å². The fourth-order valence-corrected chi connectivity index (χ4v) is 5.38. The molecule has 1 aromatic heterocycles. The molecular formula is C29H52IN3O3S. The number of halogens is 1. The van der Waals surface area contributed by atoms with Gasteiger partial charge in [-0.3, -0.25) is 9.28 Å². The molecule has 2 atom stereocenters. The molecule has 0 aromatic carbocycles. The van der Waals surface area contributed by atoms with Gasteiger partial charge < -0.3 is 33.5 Å². The average Bonchev–Trinajstić information content (AvgIpc) is 3.33. The normalized spacial score (nSPS) is 18.1. The molecule has 0 fully saturated rings. The minimum atomic E-state index is -0.186. The number of quaternary nitrogens is 1. The first-order valence-corrected chi connectivity index (χ1v) is 15.4. The Bertz CT molecular complexity index is 773. The molecule has 6 nitrogen and oxygen atoms in total. The van der Waals surface area contributed by atoms with Gasteiger partial charge in [-0.25, -0.2) is 0 Å². The predicted molar refractivity (Wildman–Crippen MR) is 150 cm³/mol. The van der Waals surface area contributed by atoms with Gasteiger partial charge in [0.2, 0.25) is 6.23 Å². The van der Waals surface area contributed by atoms with Crippen molar-refractivity contribution in [2.45, 2.75) is 130 Å². The molecule has 1 aromatic rings. The highest BCUT2D eigenvalue weighted by atomic mass is 127. The van der Waals surface area contributed by atoms with Crippen molar-refractivity contribution in [1.29, 1.82) is 0 Å². The third-order valence-electron chi connectivity index (χ3n) is 7.48. The van der Waals surface area contributed by atoms with E-state index >= 15 is 0 Å². The van der Waals surface area contributed by atoms with Gasteiger partial charge in [0.05, 0.1) is 31.9 Å². The summed E-state index contributed by atoms with van der Waals surface area (Å²) in [6.07, 6.45) is 20.9. The zero-order valence-electron chi connectivity index (χ0n) is 23.9. The number of hydrogen-bond donors (Lipinski definition) is 0. The summed E-state index contributed by atoms with van der Waals surface area (Å²) < 4.78 is 21.5. The van der Waals surface area contributed by atoms with Crippen molar-refractivity contribution in [2.75, 3.05) is 26.7 Å². The van der Waals surface area contributed by atoms with Crippen LogP contribution in [0.3, 0.4) is 0 Å². The van der Waals surface area contributed by atoms with E-state index in [-0.39, 0.29) is 36.2 Å². The van der Waals surface area contributed by atoms with Gasteiger partial charge in [-0.15, -0.1) is 4.37 Å². The fraction of sp³-hybridized carbons (Fsp3) is 0.828. The van der Waals surface area contributed by atoms with Crippen LogP contribution >= 0.6 is 11.7 Å². The molecule has 0 bridgehead atoms. The van der Waals surface area contributed by atoms with Gasteiger partial charge in [0.25, 0.3) is 5.88 Å². The Labute approximate surface area is 247 Å². The molecule has 37 heavy (non-hydrogen) atoms. The van der Waals surface area contributed by atoms with Crippen LogP contribution in [0.5, 0.6) is 5.88 Å². The second kappa shape index (κ2) is 20.2. The SMILES string of the molecule is CCCCCCCCCCCCC(=O)OC(C)[N+]1(C)CCC=C(c2nsnc2OCCCCCC)C1.[I-]. The largest absolute Gasteiger partial charge is 1.00 e. The van der Waals surface area contributed by atoms with Gasteiger partial charge in [-0.2, -0.15) is 4.37 Å². The maximum Gasteiger partial charge on any atom is 0.310 e. The molecule has 0 amide bonds. The summed E-state index contributed by atoms with van der Waals surface area (Å²) in [5.41, 5.74) is 2.02. The number of likely N-dealkylation sites (N-methyl/N-ethyl adjacent to an activating group) is 1. The molecule has 0 spiro atoms. The second-order valence-corrected chi connectivity index (χ2v) is 11.3. The quantitative estimate of drug-likeness (QED) is 0.0868. The molecule has 2 rings (SSSR count). The standard InChI is InChI=1S/C29H52N3O3S.HI/c1-5-7-9-11-12-13-14-15-16-17-21-27(33)35-25(3)32(4)22-19-20-26(24-32)28-29(31-36-30-28)34-23-18-10-8-6-2;/h20,25H,5-19,21-24H2,1-4H3;1H/q+1;/p-1. The van der Waals surface area contributed by atoms with Crippen molar-refractivity contribution in [3.05, 3.63) is 11.8 Å². The predicted octanol–water partition coefficient (Wildman–Crippen LogP) is 4.94. The topological polar surface area (TPSA) is 61.3 Å². The van der Waals surface area contributed by atoms with Crippen LogP contribution in [-0.2, 0) is 9.53 Å². The van der Waals surface area contributed by atoms with E-state index in [1.165, 1.54) is 82.4 Å². The first kappa shape index (κ1) is 34.3. The molecular weight excluding hydrogens is 597 g/mol. The van der Waals surface area contributed by atoms with Crippen LogP contribution in [0.1, 0.15) is 129 Å². The lowest BCUT2D eigenvalue weighted by Crippen LogP contribution is -3.00. The van der Waals surface area contributed by atoms with E-state index in [0.717, 1.165) is 50.0 Å². The smallest absolute Gasteiger partial charge is 0.310 e. The molecule has 2 heterocycles. The summed E-state index contributed by atoms with van der Waals surface area (Å²) in [5, 5.41) is 0. The van der Waals surface area contributed by atoms with E-state index in [4.69, 9.17) is 9.47 Å². The zero-order chi connectivity index (χ0) is 26.1. The molecule has 2 unspecified atom stereocenters. The number of unbranched alkanes of at least 4 members (excludes halogenated alkanes) is 12. The van der Waals surface area contributed by atoms with Crippen LogP contribution in [0.4, 0.5) is 0 Å². The van der Waals surface area contributed by atoms with Crippen molar-refractivity contribution >= 4 is 23.3 Å². The van der Waals surface area contributed by atoms with Gasteiger partial charge in [0.1, 0.15) is 12.2 Å². The van der Waals surface area contributed by atoms with Crippen molar-refractivity contribution in [2.24, 2.45) is 0 Å². The summed E-state index contributed by atoms with van der Waals surface area (Å²) >= 11 is 1.21. The highest BCUT2D eigenvalue weighted by Gasteiger charge is 2.36. The molecule has 214 valence electrons. The summed E-state index contributed by atoms with van der Waals surface area (Å²) in [4.78, 5) is 12.5. The molecule has 1 aliphatic rings. The lowest BCUT2D eigenvalue weighted by molar-refractivity contribution is -0.944. The van der Waals surface area contributed by atoms with Crippen LogP contribution in [0.25, 0.3) is 5.57 Å². The molecule has 0 saturated carbocycles. The van der Waals surface area contributed by atoms with E-state index in [0.29, 0.717) is 23.4 Å². The van der Waals surface area contributed by atoms with Gasteiger partial charge in [-0.05, 0) is 12.8 Å². The van der Waals surface area contributed by atoms with Gasteiger partial charge in [0.15, 0.2) is 0 Å². The number of ether oxygens (including phenoxy) is 2. The van der Waals surface area contributed by atoms with Crippen LogP contribution in [-0.4, -0.2) is 52.2 Å². The molecule has 0 aliphatic carbocycles. The van der Waals surface area contributed by atoms with E-state index in [9.17, 15) is 4.79 Å². The number of carbonyl (C=O) groups is 1. The molecule has 0 N–H and O–H groups in total. The Hall–Kier alpha value is -0.740. The lowest BCUT2D eigenvalue weighted by atomic mass is 10.0. The van der Waals surface area contributed by atoms with Crippen LogP contribution in [0, 0.1) is 0 Å². The van der Waals surface area contributed by atoms with Gasteiger partial charge >= 0.3 is 5.97 Å². The lowest BCUT2D eigenvalue weighted by Gasteiger charge is -2.41. The highest BCUT2D eigenvalue weighted by molar-refractivity contribution is 6.99. The van der Waals surface area contributed by atoms with Crippen LogP contribution < -0.4 is 28.7 Å². The van der Waals surface area contributed by atoms with Crippen LogP contribution in [0.15, 0.2) is 6.08 Å². The highest BCUT2D eigenvalue weighted by Crippen LogP contribution is 2.31. The van der Waals surface area contributed by atoms with Crippen molar-refractivity contribution in [1.82, 2.24) is 8.75 Å². The Morgan fingerprint density at radius 2 is 1.54 bits per heavy atom. The van der Waals surface area contributed by atoms with Crippen molar-refractivity contribution < 1.29 is 42.7 Å². The third-order valence-corrected chi connectivity index (χ3v) is 7.99. The Morgan fingerprint density at radius 3 is 2.19 bits per heavy atom. The summed E-state index contributed by atoms with van der Waals surface area (Å²) in [7, 11) is 2.18. The Kier molecular flexibility index (Phi) is 18.7. The van der Waals surface area contributed by atoms with Gasteiger partial charge in [0, 0.05) is 25.3 Å². The van der Waals surface area contributed by atoms with Crippen LogP contribution in [0.2, 0.25) is 0 Å². The minimum Gasteiger partial charge on any atom is -1.00 e. The number of carbonyl (C=O) groups excluding carboxylic acids is 1. The summed E-state index contributed by atoms with van der Waals surface area (Å²) in [6.45, 7) is 8.90. The second-order valence-electron chi connectivity index (χ2n) is 10.7. The Morgan fingerprint density at radius 1 is 0.946 bits per heavy atom. The third kappa shape index (κ3) is 13.2. The van der Waals surface area contributed by atoms with E-state index in [1.807, 2.05) is 6.92 Å². The molecule has 1 aliphatic heterocycles. The van der Waals surface area contributed by atoms with E-state index < -0.39 is 0 Å². The molecule has 0 saturated heterocycles.